The van der Waals surface area contributed by atoms with Crippen LogP contribution in [0.3, 0.4) is 0 Å². The summed E-state index contributed by atoms with van der Waals surface area (Å²) in [7, 11) is 0. The standard InChI is InChI=1S/C12H14N4O2/c17-12(18)9-2-1-3-11-14-10(15-16(9)11)6-8-4-5-13-7-8/h1-3,8,13H,4-7H2,(H,17,18). The Kier molecular flexibility index (Phi) is 2.71. The molecule has 0 amide bonds. The van der Waals surface area contributed by atoms with E-state index in [0.717, 1.165) is 31.8 Å². The number of nitrogens with zero attached hydrogens (tertiary/aromatic N) is 3. The van der Waals surface area contributed by atoms with E-state index in [1.54, 1.807) is 12.1 Å². The first-order chi connectivity index (χ1) is 8.74. The number of nitrogens with one attached hydrogen (secondary N) is 1. The number of carboxylic acids is 1. The van der Waals surface area contributed by atoms with Gasteiger partial charge in [-0.15, -0.1) is 0 Å². The number of carbonyl (C=O) groups is 1. The molecule has 94 valence electrons. The first-order valence-corrected chi connectivity index (χ1v) is 6.03. The summed E-state index contributed by atoms with van der Waals surface area (Å²) >= 11 is 0. The summed E-state index contributed by atoms with van der Waals surface area (Å²) < 4.78 is 1.40. The van der Waals surface area contributed by atoms with Crippen molar-refractivity contribution in [1.82, 2.24) is 19.9 Å². The Labute approximate surface area is 104 Å². The fraction of sp³-hybridized carbons (Fsp3) is 0.417. The molecule has 0 saturated carbocycles. The van der Waals surface area contributed by atoms with E-state index in [1.165, 1.54) is 10.6 Å². The molecule has 0 aliphatic carbocycles. The first kappa shape index (κ1) is 11.2. The Morgan fingerprint density at radius 2 is 2.44 bits per heavy atom. The molecule has 2 N–H and O–H groups in total. The topological polar surface area (TPSA) is 79.5 Å². The highest BCUT2D eigenvalue weighted by Crippen LogP contribution is 2.14. The zero-order valence-electron chi connectivity index (χ0n) is 9.83. The average molecular weight is 246 g/mol. The van der Waals surface area contributed by atoms with E-state index in [9.17, 15) is 4.79 Å². The molecule has 6 nitrogen and oxygen atoms in total. The molecule has 6 heteroatoms. The van der Waals surface area contributed by atoms with Crippen molar-refractivity contribution < 1.29 is 9.90 Å². The van der Waals surface area contributed by atoms with Crippen LogP contribution in [-0.2, 0) is 6.42 Å². The van der Waals surface area contributed by atoms with Gasteiger partial charge in [0.05, 0.1) is 0 Å². The fourth-order valence-corrected chi connectivity index (χ4v) is 2.34. The molecule has 1 fully saturated rings. The third kappa shape index (κ3) is 1.95. The van der Waals surface area contributed by atoms with Gasteiger partial charge in [-0.3, -0.25) is 0 Å². The average Bonchev–Trinajstić information content (AvgIpc) is 2.96. The van der Waals surface area contributed by atoms with Crippen LogP contribution in [0, 0.1) is 5.92 Å². The van der Waals surface area contributed by atoms with Gasteiger partial charge in [-0.25, -0.2) is 14.3 Å². The van der Waals surface area contributed by atoms with E-state index >= 15 is 0 Å². The summed E-state index contributed by atoms with van der Waals surface area (Å²) in [5.41, 5.74) is 0.742. The van der Waals surface area contributed by atoms with Gasteiger partial charge < -0.3 is 10.4 Å². The van der Waals surface area contributed by atoms with Gasteiger partial charge in [0, 0.05) is 6.42 Å². The van der Waals surface area contributed by atoms with E-state index in [1.807, 2.05) is 0 Å². The van der Waals surface area contributed by atoms with Gasteiger partial charge >= 0.3 is 5.97 Å². The molecular weight excluding hydrogens is 232 g/mol. The number of fused-ring (bicyclic) bond motifs is 1. The monoisotopic (exact) mass is 246 g/mol. The number of hydrogen-bond donors (Lipinski definition) is 2. The predicted molar refractivity (Wildman–Crippen MR) is 64.6 cm³/mol. The van der Waals surface area contributed by atoms with Gasteiger partial charge in [-0.2, -0.15) is 5.10 Å². The molecule has 2 aromatic rings. The van der Waals surface area contributed by atoms with Gasteiger partial charge in [0.1, 0.15) is 0 Å². The summed E-state index contributed by atoms with van der Waals surface area (Å²) in [6.07, 6.45) is 1.93. The second kappa shape index (κ2) is 4.38. The second-order valence-corrected chi connectivity index (χ2v) is 4.58. The minimum Gasteiger partial charge on any atom is -0.477 e. The molecule has 3 rings (SSSR count). The molecule has 18 heavy (non-hydrogen) atoms. The van der Waals surface area contributed by atoms with Gasteiger partial charge in [0.2, 0.25) is 0 Å². The van der Waals surface area contributed by atoms with E-state index in [2.05, 4.69) is 15.4 Å². The zero-order chi connectivity index (χ0) is 12.5. The van der Waals surface area contributed by atoms with E-state index in [0.29, 0.717) is 11.6 Å². The highest BCUT2D eigenvalue weighted by Gasteiger charge is 2.18. The number of aromatic nitrogens is 3. The van der Waals surface area contributed by atoms with Crippen molar-refractivity contribution in [2.75, 3.05) is 13.1 Å². The van der Waals surface area contributed by atoms with Crippen molar-refractivity contribution in [2.45, 2.75) is 12.8 Å². The minimum atomic E-state index is -0.986. The fourth-order valence-electron chi connectivity index (χ4n) is 2.34. The van der Waals surface area contributed by atoms with E-state index in [-0.39, 0.29) is 5.69 Å². The third-order valence-electron chi connectivity index (χ3n) is 3.26. The van der Waals surface area contributed by atoms with Crippen molar-refractivity contribution in [3.63, 3.8) is 0 Å². The van der Waals surface area contributed by atoms with Crippen LogP contribution in [0.5, 0.6) is 0 Å². The van der Waals surface area contributed by atoms with Crippen LogP contribution in [0.2, 0.25) is 0 Å². The summed E-state index contributed by atoms with van der Waals surface area (Å²) in [6.45, 7) is 2.03. The molecule has 0 spiro atoms. The van der Waals surface area contributed by atoms with Crippen LogP contribution < -0.4 is 5.32 Å². The maximum Gasteiger partial charge on any atom is 0.354 e. The summed E-state index contributed by atoms with van der Waals surface area (Å²) in [5, 5.41) is 16.7. The van der Waals surface area contributed by atoms with Crippen LogP contribution in [-0.4, -0.2) is 38.8 Å². The Hall–Kier alpha value is -1.95. The highest BCUT2D eigenvalue weighted by molar-refractivity contribution is 5.86. The highest BCUT2D eigenvalue weighted by atomic mass is 16.4. The van der Waals surface area contributed by atoms with Crippen LogP contribution in [0.15, 0.2) is 18.2 Å². The molecule has 3 heterocycles. The van der Waals surface area contributed by atoms with E-state index in [4.69, 9.17) is 5.11 Å². The quantitative estimate of drug-likeness (QED) is 0.828. The Morgan fingerprint density at radius 3 is 3.17 bits per heavy atom. The van der Waals surface area contributed by atoms with Crippen LogP contribution >= 0.6 is 0 Å². The largest absolute Gasteiger partial charge is 0.477 e. The molecule has 0 radical (unpaired) electrons. The predicted octanol–water partition coefficient (Wildman–Crippen LogP) is 0.579. The van der Waals surface area contributed by atoms with Crippen molar-refractivity contribution in [3.05, 3.63) is 29.7 Å². The van der Waals surface area contributed by atoms with Gasteiger partial charge in [0.25, 0.3) is 0 Å². The normalized spacial score (nSPS) is 19.4. The maximum atomic E-state index is 11.1. The lowest BCUT2D eigenvalue weighted by atomic mass is 10.1. The molecule has 1 aliphatic heterocycles. The van der Waals surface area contributed by atoms with Gasteiger partial charge in [-0.05, 0) is 37.6 Å². The van der Waals surface area contributed by atoms with Crippen molar-refractivity contribution in [3.8, 4) is 0 Å². The Morgan fingerprint density at radius 1 is 1.56 bits per heavy atom. The van der Waals surface area contributed by atoms with Gasteiger partial charge in [0.15, 0.2) is 17.2 Å². The van der Waals surface area contributed by atoms with Crippen molar-refractivity contribution in [2.24, 2.45) is 5.92 Å². The molecule has 1 saturated heterocycles. The lowest BCUT2D eigenvalue weighted by Crippen LogP contribution is -2.11. The molecule has 1 atom stereocenters. The van der Waals surface area contributed by atoms with E-state index < -0.39 is 5.97 Å². The second-order valence-electron chi connectivity index (χ2n) is 4.58. The molecule has 1 unspecified atom stereocenters. The van der Waals surface area contributed by atoms with Crippen molar-refractivity contribution >= 4 is 11.6 Å². The zero-order valence-corrected chi connectivity index (χ0v) is 9.83. The Bertz CT molecular complexity index is 587. The number of pyridine rings is 1. The number of aromatic carboxylic acids is 1. The number of carboxylic acid groups (broad SMARTS) is 1. The minimum absolute atomic E-state index is 0.149. The SMILES string of the molecule is O=C(O)c1cccc2nc(CC3CCNC3)nn12. The molecule has 0 bridgehead atoms. The molecular formula is C12H14N4O2. The molecule has 2 aromatic heterocycles. The summed E-state index contributed by atoms with van der Waals surface area (Å²) in [6, 6.07) is 5.00. The summed E-state index contributed by atoms with van der Waals surface area (Å²) in [4.78, 5) is 15.5. The number of hydrogen-bond acceptors (Lipinski definition) is 4. The third-order valence-corrected chi connectivity index (χ3v) is 3.26. The lowest BCUT2D eigenvalue weighted by Gasteiger charge is -2.02. The molecule has 0 aromatic carbocycles. The lowest BCUT2D eigenvalue weighted by molar-refractivity contribution is 0.0687. The van der Waals surface area contributed by atoms with Crippen LogP contribution in [0.1, 0.15) is 22.7 Å². The Balaban J connectivity index is 1.94. The van der Waals surface area contributed by atoms with Crippen LogP contribution in [0.4, 0.5) is 0 Å². The van der Waals surface area contributed by atoms with Crippen LogP contribution in [0.25, 0.3) is 5.65 Å². The smallest absolute Gasteiger partial charge is 0.354 e. The summed E-state index contributed by atoms with van der Waals surface area (Å²) in [5.74, 6) is 0.285. The first-order valence-electron chi connectivity index (χ1n) is 6.03. The maximum absolute atomic E-state index is 11.1. The molecule has 1 aliphatic rings. The van der Waals surface area contributed by atoms with Gasteiger partial charge in [-0.1, -0.05) is 6.07 Å². The van der Waals surface area contributed by atoms with Crippen molar-refractivity contribution in [1.29, 1.82) is 0 Å². The number of rotatable bonds is 3.